The zero-order valence-corrected chi connectivity index (χ0v) is 21.4. The molecule has 8 nitrogen and oxygen atoms in total. The molecule has 168 valence electrons. The summed E-state index contributed by atoms with van der Waals surface area (Å²) in [4.78, 5) is 38.8. The molecule has 0 aliphatic rings. The van der Waals surface area contributed by atoms with Gasteiger partial charge in [-0.25, -0.2) is 0 Å². The number of hydrogen-bond donors (Lipinski definition) is 0. The van der Waals surface area contributed by atoms with Crippen LogP contribution in [-0.4, -0.2) is 23.9 Å². The maximum absolute atomic E-state index is 9.70. The summed E-state index contributed by atoms with van der Waals surface area (Å²) in [7, 11) is 0. The normalized spacial score (nSPS) is 9.24. The van der Waals surface area contributed by atoms with Crippen molar-refractivity contribution in [3.63, 3.8) is 0 Å². The van der Waals surface area contributed by atoms with Crippen molar-refractivity contribution < 1.29 is 65.8 Å². The van der Waals surface area contributed by atoms with Crippen LogP contribution in [0.5, 0.6) is 0 Å². The van der Waals surface area contributed by atoms with Gasteiger partial charge in [-0.1, -0.05) is 55.4 Å². The fourth-order valence-corrected chi connectivity index (χ4v) is 1.33. The Morgan fingerprint density at radius 1 is 0.448 bits per heavy atom. The van der Waals surface area contributed by atoms with Crippen LogP contribution in [0, 0.1) is 23.7 Å². The molecule has 0 saturated heterocycles. The molecular formula is C20H36O8Zr. The summed E-state index contributed by atoms with van der Waals surface area (Å²) in [6, 6.07) is 0. The smallest absolute Gasteiger partial charge is 0.550 e. The topological polar surface area (TPSA) is 161 Å². The van der Waals surface area contributed by atoms with E-state index >= 15 is 0 Å². The quantitative estimate of drug-likeness (QED) is 0.420. The van der Waals surface area contributed by atoms with Crippen LogP contribution in [0.1, 0.15) is 81.1 Å². The van der Waals surface area contributed by atoms with Crippen LogP contribution in [0.25, 0.3) is 0 Å². The third-order valence-electron chi connectivity index (χ3n) is 2.30. The zero-order valence-electron chi connectivity index (χ0n) is 18.9. The van der Waals surface area contributed by atoms with Crippen LogP contribution < -0.4 is 20.4 Å². The first-order valence-electron chi connectivity index (χ1n) is 9.30. The van der Waals surface area contributed by atoms with E-state index < -0.39 is 23.9 Å². The molecule has 29 heavy (non-hydrogen) atoms. The van der Waals surface area contributed by atoms with Gasteiger partial charge >= 0.3 is 26.2 Å². The van der Waals surface area contributed by atoms with Gasteiger partial charge in [0.2, 0.25) is 0 Å². The van der Waals surface area contributed by atoms with E-state index in [4.69, 9.17) is 0 Å². The number of rotatable bonds is 8. The van der Waals surface area contributed by atoms with E-state index in [1.165, 1.54) is 0 Å². The van der Waals surface area contributed by atoms with Crippen LogP contribution in [0.4, 0.5) is 0 Å². The average Bonchev–Trinajstić information content (AvgIpc) is 2.32. The van der Waals surface area contributed by atoms with Gasteiger partial charge in [0.1, 0.15) is 0 Å². The van der Waals surface area contributed by atoms with E-state index in [0.29, 0.717) is 0 Å². The summed E-state index contributed by atoms with van der Waals surface area (Å²) >= 11 is 0. The van der Waals surface area contributed by atoms with E-state index in [2.05, 4.69) is 0 Å². The second-order valence-corrected chi connectivity index (χ2v) is 7.88. The third-order valence-corrected chi connectivity index (χ3v) is 2.30. The van der Waals surface area contributed by atoms with E-state index in [9.17, 15) is 39.6 Å². The van der Waals surface area contributed by atoms with Crippen molar-refractivity contribution in [1.82, 2.24) is 0 Å². The van der Waals surface area contributed by atoms with Gasteiger partial charge in [0.15, 0.2) is 0 Å². The molecule has 0 unspecified atom stereocenters. The van der Waals surface area contributed by atoms with Crippen molar-refractivity contribution in [2.75, 3.05) is 0 Å². The molecule has 0 aromatic carbocycles. The van der Waals surface area contributed by atoms with Crippen molar-refractivity contribution in [1.29, 1.82) is 0 Å². The minimum absolute atomic E-state index is 0. The van der Waals surface area contributed by atoms with E-state index in [1.54, 1.807) is 0 Å². The number of carbonyl (C=O) groups excluding carboxylic acids is 4. The maximum Gasteiger partial charge on any atom is 4.00 e. The minimum Gasteiger partial charge on any atom is -0.550 e. The second-order valence-electron chi connectivity index (χ2n) is 7.88. The Labute approximate surface area is 194 Å². The van der Waals surface area contributed by atoms with E-state index in [-0.39, 0.29) is 75.6 Å². The van der Waals surface area contributed by atoms with Gasteiger partial charge in [0, 0.05) is 23.9 Å². The Kier molecular flexibility index (Phi) is 32.8. The molecule has 9 heteroatoms. The summed E-state index contributed by atoms with van der Waals surface area (Å²) in [5.74, 6) is -3.00. The molecule has 0 heterocycles. The van der Waals surface area contributed by atoms with Gasteiger partial charge in [0.05, 0.1) is 0 Å². The molecule has 0 aliphatic carbocycles. The Morgan fingerprint density at radius 2 is 0.552 bits per heavy atom. The summed E-state index contributed by atoms with van der Waals surface area (Å²) in [6.45, 7) is 14.7. The minimum atomic E-state index is -0.963. The van der Waals surface area contributed by atoms with E-state index in [0.717, 1.165) is 0 Å². The summed E-state index contributed by atoms with van der Waals surface area (Å²) in [5.41, 5.74) is 0. The molecule has 0 spiro atoms. The summed E-state index contributed by atoms with van der Waals surface area (Å²) < 4.78 is 0. The van der Waals surface area contributed by atoms with Crippen LogP contribution in [0.3, 0.4) is 0 Å². The van der Waals surface area contributed by atoms with Crippen LogP contribution in [0.2, 0.25) is 0 Å². The maximum atomic E-state index is 9.70. The predicted octanol–water partition coefficient (Wildman–Crippen LogP) is -0.873. The van der Waals surface area contributed by atoms with Gasteiger partial charge < -0.3 is 39.6 Å². The molecule has 0 saturated carbocycles. The number of carboxylic acids is 4. The largest absolute Gasteiger partial charge is 4.00 e. The second kappa shape index (κ2) is 24.8. The van der Waals surface area contributed by atoms with E-state index in [1.807, 2.05) is 55.4 Å². The standard InChI is InChI=1S/4C5H10O2.Zr/c4*1-4(2)3-5(6)7;/h4*4H,3H2,1-2H3,(H,6,7);/q;;;;+4/p-4. The molecule has 0 rings (SSSR count). The number of carboxylic acid groups (broad SMARTS) is 4. The van der Waals surface area contributed by atoms with Crippen molar-refractivity contribution in [2.24, 2.45) is 23.7 Å². The first kappa shape index (κ1) is 38.4. The van der Waals surface area contributed by atoms with Gasteiger partial charge in [-0.05, 0) is 49.4 Å². The van der Waals surface area contributed by atoms with Crippen molar-refractivity contribution in [2.45, 2.75) is 81.1 Å². The zero-order chi connectivity index (χ0) is 23.4. The Hall–Kier alpha value is -1.24. The van der Waals surface area contributed by atoms with Gasteiger partial charge in [0.25, 0.3) is 0 Å². The molecule has 0 aromatic rings. The van der Waals surface area contributed by atoms with Gasteiger partial charge in [-0.15, -0.1) is 0 Å². The molecule has 0 amide bonds. The average molecular weight is 496 g/mol. The fraction of sp³-hybridized carbons (Fsp3) is 0.800. The van der Waals surface area contributed by atoms with Crippen LogP contribution in [-0.2, 0) is 45.4 Å². The molecular weight excluding hydrogens is 459 g/mol. The van der Waals surface area contributed by atoms with Crippen molar-refractivity contribution in [3.8, 4) is 0 Å². The molecule has 0 bridgehead atoms. The number of hydrogen-bond acceptors (Lipinski definition) is 8. The number of carbonyl (C=O) groups is 4. The molecule has 0 atom stereocenters. The Balaban J connectivity index is -0.0000000873. The van der Waals surface area contributed by atoms with Crippen molar-refractivity contribution in [3.05, 3.63) is 0 Å². The summed E-state index contributed by atoms with van der Waals surface area (Å²) in [5, 5.41) is 38.8. The molecule has 0 aliphatic heterocycles. The molecule has 0 N–H and O–H groups in total. The van der Waals surface area contributed by atoms with Crippen LogP contribution >= 0.6 is 0 Å². The SMILES string of the molecule is CC(C)CC(=O)[O-].CC(C)CC(=O)[O-].CC(C)CC(=O)[O-].CC(C)CC(=O)[O-].[Zr+4]. The predicted molar refractivity (Wildman–Crippen MR) is 97.8 cm³/mol. The number of aliphatic carboxylic acids is 4. The fourth-order valence-electron chi connectivity index (χ4n) is 1.33. The third kappa shape index (κ3) is 75.3. The first-order valence-corrected chi connectivity index (χ1v) is 9.30. The molecule has 0 radical (unpaired) electrons. The molecule has 0 fully saturated rings. The Bertz CT molecular complexity index is 352. The summed E-state index contributed by atoms with van der Waals surface area (Å²) in [6.07, 6.45) is 0.667. The molecule has 0 aromatic heterocycles. The first-order chi connectivity index (χ1) is 12.5. The van der Waals surface area contributed by atoms with Gasteiger partial charge in [-0.2, -0.15) is 0 Å². The van der Waals surface area contributed by atoms with Crippen LogP contribution in [0.15, 0.2) is 0 Å². The van der Waals surface area contributed by atoms with Crippen molar-refractivity contribution >= 4 is 23.9 Å². The van der Waals surface area contributed by atoms with Gasteiger partial charge in [-0.3, -0.25) is 0 Å². The monoisotopic (exact) mass is 494 g/mol. The Morgan fingerprint density at radius 3 is 0.552 bits per heavy atom.